The van der Waals surface area contributed by atoms with Gasteiger partial charge in [0, 0.05) is 37.4 Å². The fraction of sp³-hybridized carbons (Fsp3) is 0.471. The van der Waals surface area contributed by atoms with Gasteiger partial charge in [-0.15, -0.1) is 0 Å². The number of hydrogen-bond donors (Lipinski definition) is 1. The summed E-state index contributed by atoms with van der Waals surface area (Å²) in [5.74, 6) is 1.10. The van der Waals surface area contributed by atoms with E-state index in [1.165, 1.54) is 29.8 Å². The molecular formula is C17H21N3O. The molecule has 1 fully saturated rings. The maximum absolute atomic E-state index is 5.84. The van der Waals surface area contributed by atoms with E-state index in [2.05, 4.69) is 40.2 Å². The zero-order valence-electron chi connectivity index (χ0n) is 12.2. The second kappa shape index (κ2) is 5.62. The van der Waals surface area contributed by atoms with Crippen LogP contribution in [0.3, 0.4) is 0 Å². The number of hydrogen-bond acceptors (Lipinski definition) is 3. The predicted molar refractivity (Wildman–Crippen MR) is 82.0 cm³/mol. The molecule has 0 bridgehead atoms. The van der Waals surface area contributed by atoms with Gasteiger partial charge in [-0.1, -0.05) is 30.3 Å². The molecule has 2 aromatic rings. The Hall–Kier alpha value is -1.65. The van der Waals surface area contributed by atoms with Crippen molar-refractivity contribution in [3.05, 3.63) is 41.7 Å². The Morgan fingerprint density at radius 2 is 2.19 bits per heavy atom. The zero-order valence-corrected chi connectivity index (χ0v) is 12.2. The van der Waals surface area contributed by atoms with Crippen LogP contribution in [0.2, 0.25) is 0 Å². The van der Waals surface area contributed by atoms with Gasteiger partial charge < -0.3 is 14.6 Å². The van der Waals surface area contributed by atoms with E-state index in [-0.39, 0.29) is 0 Å². The number of benzene rings is 1. The van der Waals surface area contributed by atoms with Crippen molar-refractivity contribution in [1.29, 1.82) is 0 Å². The number of rotatable bonds is 3. The van der Waals surface area contributed by atoms with Crippen LogP contribution in [0.15, 0.2) is 30.3 Å². The lowest BCUT2D eigenvalue weighted by Crippen LogP contribution is -2.26. The number of fused-ring (bicyclic) bond motifs is 1. The Kier molecular flexibility index (Phi) is 3.49. The molecule has 1 N–H and O–H groups in total. The third kappa shape index (κ3) is 2.49. The second-order valence-corrected chi connectivity index (χ2v) is 5.87. The van der Waals surface area contributed by atoms with Gasteiger partial charge in [0.15, 0.2) is 0 Å². The minimum Gasteiger partial charge on any atom is -0.376 e. The van der Waals surface area contributed by atoms with Gasteiger partial charge in [0.25, 0.3) is 0 Å². The number of nitrogens with zero attached hydrogens (tertiary/aromatic N) is 2. The van der Waals surface area contributed by atoms with Gasteiger partial charge in [-0.25, -0.2) is 4.98 Å². The summed E-state index contributed by atoms with van der Waals surface area (Å²) in [5, 5.41) is 3.42. The fourth-order valence-electron chi connectivity index (χ4n) is 3.37. The molecule has 4 nitrogen and oxygen atoms in total. The van der Waals surface area contributed by atoms with Crippen molar-refractivity contribution in [3.8, 4) is 11.4 Å². The van der Waals surface area contributed by atoms with Crippen LogP contribution in [0.5, 0.6) is 0 Å². The maximum Gasteiger partial charge on any atom is 0.140 e. The van der Waals surface area contributed by atoms with E-state index in [0.717, 1.165) is 38.5 Å². The second-order valence-electron chi connectivity index (χ2n) is 5.87. The molecule has 0 radical (unpaired) electrons. The molecule has 110 valence electrons. The zero-order chi connectivity index (χ0) is 14.1. The largest absolute Gasteiger partial charge is 0.376 e. The average molecular weight is 283 g/mol. The van der Waals surface area contributed by atoms with Gasteiger partial charge in [0.1, 0.15) is 5.82 Å². The maximum atomic E-state index is 5.84. The van der Waals surface area contributed by atoms with Crippen LogP contribution in [0, 0.1) is 0 Å². The highest BCUT2D eigenvalue weighted by molar-refractivity contribution is 5.57. The first-order valence-electron chi connectivity index (χ1n) is 7.88. The quantitative estimate of drug-likeness (QED) is 0.940. The van der Waals surface area contributed by atoms with E-state index in [1.807, 2.05) is 0 Å². The van der Waals surface area contributed by atoms with Gasteiger partial charge in [0.2, 0.25) is 0 Å². The lowest BCUT2D eigenvalue weighted by Gasteiger charge is -2.19. The molecule has 1 saturated heterocycles. The molecule has 0 spiro atoms. The molecule has 1 unspecified atom stereocenters. The molecule has 0 aliphatic carbocycles. The number of ether oxygens (including phenoxy) is 1. The molecule has 3 heterocycles. The van der Waals surface area contributed by atoms with Gasteiger partial charge in [-0.05, 0) is 12.8 Å². The van der Waals surface area contributed by atoms with Crippen molar-refractivity contribution < 1.29 is 4.74 Å². The van der Waals surface area contributed by atoms with Crippen LogP contribution < -0.4 is 5.32 Å². The van der Waals surface area contributed by atoms with Crippen molar-refractivity contribution in [2.45, 2.75) is 38.5 Å². The fourth-order valence-corrected chi connectivity index (χ4v) is 3.37. The van der Waals surface area contributed by atoms with Crippen molar-refractivity contribution in [2.24, 2.45) is 0 Å². The Morgan fingerprint density at radius 1 is 1.29 bits per heavy atom. The van der Waals surface area contributed by atoms with E-state index in [0.29, 0.717) is 6.10 Å². The van der Waals surface area contributed by atoms with E-state index in [4.69, 9.17) is 9.72 Å². The molecule has 2 aliphatic heterocycles. The minimum atomic E-state index is 0.348. The Balaban J connectivity index is 1.75. The summed E-state index contributed by atoms with van der Waals surface area (Å²) in [7, 11) is 0. The normalized spacial score (nSPS) is 21.4. The van der Waals surface area contributed by atoms with Crippen molar-refractivity contribution >= 4 is 0 Å². The highest BCUT2D eigenvalue weighted by Crippen LogP contribution is 2.26. The smallest absolute Gasteiger partial charge is 0.140 e. The Morgan fingerprint density at radius 3 is 3.00 bits per heavy atom. The van der Waals surface area contributed by atoms with E-state index < -0.39 is 0 Å². The summed E-state index contributed by atoms with van der Waals surface area (Å²) in [5.41, 5.74) is 3.80. The van der Waals surface area contributed by atoms with E-state index in [1.54, 1.807) is 0 Å². The summed E-state index contributed by atoms with van der Waals surface area (Å²) >= 11 is 0. The number of imidazole rings is 1. The summed E-state index contributed by atoms with van der Waals surface area (Å²) in [6.45, 7) is 3.77. The summed E-state index contributed by atoms with van der Waals surface area (Å²) < 4.78 is 8.25. The molecule has 2 aliphatic rings. The molecule has 21 heavy (non-hydrogen) atoms. The predicted octanol–water partition coefficient (Wildman–Crippen LogP) is 2.37. The number of aromatic nitrogens is 2. The number of nitrogens with one attached hydrogen (secondary N) is 1. The van der Waals surface area contributed by atoms with Crippen molar-refractivity contribution in [3.63, 3.8) is 0 Å². The van der Waals surface area contributed by atoms with Gasteiger partial charge >= 0.3 is 0 Å². The lowest BCUT2D eigenvalue weighted by atomic mass is 10.1. The van der Waals surface area contributed by atoms with Crippen LogP contribution in [0.25, 0.3) is 11.4 Å². The standard InChI is InChI=1S/C17H21N3O/c1-2-5-13(6-3-1)17-19-15-11-18-9-8-16(15)20(17)12-14-7-4-10-21-14/h1-3,5-6,14,18H,4,7-12H2. The molecule has 1 aromatic carbocycles. The van der Waals surface area contributed by atoms with Crippen LogP contribution >= 0.6 is 0 Å². The van der Waals surface area contributed by atoms with Crippen LogP contribution in [-0.2, 0) is 24.2 Å². The first kappa shape index (κ1) is 13.0. The SMILES string of the molecule is c1ccc(-c2nc3c(n2CC2CCCO2)CCNC3)cc1. The van der Waals surface area contributed by atoms with Gasteiger partial charge in [-0.3, -0.25) is 0 Å². The highest BCUT2D eigenvalue weighted by atomic mass is 16.5. The summed E-state index contributed by atoms with van der Waals surface area (Å²) in [4.78, 5) is 4.91. The lowest BCUT2D eigenvalue weighted by molar-refractivity contribution is 0.0966. The molecule has 4 rings (SSSR count). The minimum absolute atomic E-state index is 0.348. The van der Waals surface area contributed by atoms with Crippen LogP contribution in [0.1, 0.15) is 24.2 Å². The van der Waals surface area contributed by atoms with Crippen molar-refractivity contribution in [1.82, 2.24) is 14.9 Å². The first-order valence-corrected chi connectivity index (χ1v) is 7.88. The van der Waals surface area contributed by atoms with Crippen LogP contribution in [0.4, 0.5) is 0 Å². The Bertz CT molecular complexity index is 614. The molecule has 4 heteroatoms. The first-order chi connectivity index (χ1) is 10.4. The summed E-state index contributed by atoms with van der Waals surface area (Å²) in [6, 6.07) is 10.5. The monoisotopic (exact) mass is 283 g/mol. The molecular weight excluding hydrogens is 262 g/mol. The topological polar surface area (TPSA) is 39.1 Å². The molecule has 0 saturated carbocycles. The molecule has 1 aromatic heterocycles. The third-order valence-electron chi connectivity index (χ3n) is 4.43. The van der Waals surface area contributed by atoms with E-state index >= 15 is 0 Å². The van der Waals surface area contributed by atoms with Gasteiger partial charge in [0.05, 0.1) is 18.3 Å². The van der Waals surface area contributed by atoms with Crippen LogP contribution in [-0.4, -0.2) is 28.8 Å². The average Bonchev–Trinajstić information content (AvgIpc) is 3.17. The van der Waals surface area contributed by atoms with Crippen molar-refractivity contribution in [2.75, 3.05) is 13.2 Å². The van der Waals surface area contributed by atoms with E-state index in [9.17, 15) is 0 Å². The highest BCUT2D eigenvalue weighted by Gasteiger charge is 2.24. The molecule has 1 atom stereocenters. The summed E-state index contributed by atoms with van der Waals surface area (Å²) in [6.07, 6.45) is 3.76. The van der Waals surface area contributed by atoms with Gasteiger partial charge in [-0.2, -0.15) is 0 Å². The Labute approximate surface area is 125 Å². The molecule has 0 amide bonds. The third-order valence-corrected chi connectivity index (χ3v) is 4.43.